The standard InChI is InChI=1S/C13H22N4O/c1-2-18-10-9-16-5-7-17(8-6-16)12-3-4-13(14)15-11-12/h3-4,11H,2,5-10H2,1H3,(H2,14,15). The van der Waals surface area contributed by atoms with Gasteiger partial charge in [0, 0.05) is 39.3 Å². The summed E-state index contributed by atoms with van der Waals surface area (Å²) >= 11 is 0. The highest BCUT2D eigenvalue weighted by Crippen LogP contribution is 2.15. The van der Waals surface area contributed by atoms with Crippen LogP contribution in [0.4, 0.5) is 11.5 Å². The predicted octanol–water partition coefficient (Wildman–Crippen LogP) is 0.822. The van der Waals surface area contributed by atoms with Crippen LogP contribution in [-0.4, -0.2) is 55.8 Å². The Kier molecular flexibility index (Phi) is 4.78. The first kappa shape index (κ1) is 13.1. The summed E-state index contributed by atoms with van der Waals surface area (Å²) in [6.45, 7) is 8.94. The van der Waals surface area contributed by atoms with Crippen LogP contribution in [-0.2, 0) is 4.74 Å². The molecule has 1 aliphatic rings. The van der Waals surface area contributed by atoms with Gasteiger partial charge in [0.1, 0.15) is 5.82 Å². The third-order valence-corrected chi connectivity index (χ3v) is 3.26. The van der Waals surface area contributed by atoms with Crippen molar-refractivity contribution in [2.24, 2.45) is 0 Å². The average Bonchev–Trinajstić information content (AvgIpc) is 2.41. The number of hydrogen-bond donors (Lipinski definition) is 1. The van der Waals surface area contributed by atoms with Gasteiger partial charge in [-0.3, -0.25) is 4.90 Å². The van der Waals surface area contributed by atoms with E-state index in [-0.39, 0.29) is 0 Å². The van der Waals surface area contributed by atoms with E-state index in [1.165, 1.54) is 0 Å². The molecular weight excluding hydrogens is 228 g/mol. The van der Waals surface area contributed by atoms with Gasteiger partial charge in [-0.15, -0.1) is 0 Å². The minimum atomic E-state index is 0.578. The van der Waals surface area contributed by atoms with E-state index in [1.807, 2.05) is 25.3 Å². The minimum absolute atomic E-state index is 0.578. The Labute approximate surface area is 109 Å². The van der Waals surface area contributed by atoms with Gasteiger partial charge in [-0.25, -0.2) is 4.98 Å². The van der Waals surface area contributed by atoms with Crippen molar-refractivity contribution in [3.05, 3.63) is 18.3 Å². The molecule has 1 aromatic rings. The molecule has 2 N–H and O–H groups in total. The number of anilines is 2. The van der Waals surface area contributed by atoms with Gasteiger partial charge in [0.15, 0.2) is 0 Å². The maximum Gasteiger partial charge on any atom is 0.123 e. The lowest BCUT2D eigenvalue weighted by Crippen LogP contribution is -2.47. The lowest BCUT2D eigenvalue weighted by Gasteiger charge is -2.35. The van der Waals surface area contributed by atoms with Crippen LogP contribution in [0.25, 0.3) is 0 Å². The smallest absolute Gasteiger partial charge is 0.123 e. The van der Waals surface area contributed by atoms with Crippen molar-refractivity contribution in [2.45, 2.75) is 6.92 Å². The Morgan fingerprint density at radius 2 is 2.06 bits per heavy atom. The molecule has 1 fully saturated rings. The van der Waals surface area contributed by atoms with Crippen molar-refractivity contribution < 1.29 is 4.74 Å². The quantitative estimate of drug-likeness (QED) is 0.784. The Balaban J connectivity index is 1.77. The molecule has 2 rings (SSSR count). The number of pyridine rings is 1. The molecule has 0 aliphatic carbocycles. The van der Waals surface area contributed by atoms with Gasteiger partial charge in [-0.2, -0.15) is 0 Å². The fraction of sp³-hybridized carbons (Fsp3) is 0.615. The Morgan fingerprint density at radius 1 is 1.28 bits per heavy atom. The third kappa shape index (κ3) is 3.58. The molecule has 2 heterocycles. The summed E-state index contributed by atoms with van der Waals surface area (Å²) < 4.78 is 5.38. The fourth-order valence-corrected chi connectivity index (χ4v) is 2.15. The van der Waals surface area contributed by atoms with Crippen molar-refractivity contribution in [3.8, 4) is 0 Å². The normalized spacial score (nSPS) is 17.1. The molecule has 5 nitrogen and oxygen atoms in total. The maximum atomic E-state index is 5.59. The summed E-state index contributed by atoms with van der Waals surface area (Å²) in [4.78, 5) is 8.93. The van der Waals surface area contributed by atoms with Gasteiger partial charge in [-0.05, 0) is 19.1 Å². The molecule has 1 aliphatic heterocycles. The largest absolute Gasteiger partial charge is 0.384 e. The Bertz CT molecular complexity index is 347. The first-order chi connectivity index (χ1) is 8.79. The zero-order valence-corrected chi connectivity index (χ0v) is 11.0. The predicted molar refractivity (Wildman–Crippen MR) is 73.8 cm³/mol. The van der Waals surface area contributed by atoms with Gasteiger partial charge in [0.05, 0.1) is 18.5 Å². The van der Waals surface area contributed by atoms with Gasteiger partial charge >= 0.3 is 0 Å². The monoisotopic (exact) mass is 250 g/mol. The van der Waals surface area contributed by atoms with E-state index < -0.39 is 0 Å². The van der Waals surface area contributed by atoms with Gasteiger partial charge in [0.2, 0.25) is 0 Å². The zero-order valence-electron chi connectivity index (χ0n) is 11.0. The van der Waals surface area contributed by atoms with Crippen LogP contribution in [0.2, 0.25) is 0 Å². The number of rotatable bonds is 5. The number of piperazine rings is 1. The highest BCUT2D eigenvalue weighted by Gasteiger charge is 2.16. The van der Waals surface area contributed by atoms with E-state index >= 15 is 0 Å². The summed E-state index contributed by atoms with van der Waals surface area (Å²) in [6, 6.07) is 3.90. The molecular formula is C13H22N4O. The van der Waals surface area contributed by atoms with Crippen molar-refractivity contribution in [1.82, 2.24) is 9.88 Å². The molecule has 0 radical (unpaired) electrons. The molecule has 0 aromatic carbocycles. The zero-order chi connectivity index (χ0) is 12.8. The second kappa shape index (κ2) is 6.56. The molecule has 0 bridgehead atoms. The molecule has 18 heavy (non-hydrogen) atoms. The Morgan fingerprint density at radius 3 is 2.67 bits per heavy atom. The number of aromatic nitrogens is 1. The van der Waals surface area contributed by atoms with Crippen LogP contribution >= 0.6 is 0 Å². The maximum absolute atomic E-state index is 5.59. The third-order valence-electron chi connectivity index (χ3n) is 3.26. The molecule has 100 valence electrons. The number of nitrogens with two attached hydrogens (primary N) is 1. The van der Waals surface area contributed by atoms with Crippen molar-refractivity contribution in [3.63, 3.8) is 0 Å². The molecule has 1 saturated heterocycles. The molecule has 1 aromatic heterocycles. The van der Waals surface area contributed by atoms with Crippen LogP contribution in [0.3, 0.4) is 0 Å². The topological polar surface area (TPSA) is 54.6 Å². The number of ether oxygens (including phenoxy) is 1. The molecule has 0 amide bonds. The van der Waals surface area contributed by atoms with Gasteiger partial charge in [-0.1, -0.05) is 0 Å². The lowest BCUT2D eigenvalue weighted by atomic mass is 10.2. The lowest BCUT2D eigenvalue weighted by molar-refractivity contribution is 0.111. The van der Waals surface area contributed by atoms with Crippen LogP contribution in [0.15, 0.2) is 18.3 Å². The molecule has 0 unspecified atom stereocenters. The van der Waals surface area contributed by atoms with E-state index in [9.17, 15) is 0 Å². The second-order valence-corrected chi connectivity index (χ2v) is 4.47. The average molecular weight is 250 g/mol. The van der Waals surface area contributed by atoms with E-state index in [2.05, 4.69) is 14.8 Å². The van der Waals surface area contributed by atoms with Crippen LogP contribution in [0.1, 0.15) is 6.92 Å². The van der Waals surface area contributed by atoms with E-state index in [0.717, 1.165) is 51.6 Å². The van der Waals surface area contributed by atoms with Gasteiger partial charge in [0.25, 0.3) is 0 Å². The molecule has 0 saturated carbocycles. The van der Waals surface area contributed by atoms with Crippen molar-refractivity contribution >= 4 is 11.5 Å². The van der Waals surface area contributed by atoms with E-state index in [4.69, 9.17) is 10.5 Å². The minimum Gasteiger partial charge on any atom is -0.384 e. The van der Waals surface area contributed by atoms with Gasteiger partial charge < -0.3 is 15.4 Å². The highest BCUT2D eigenvalue weighted by atomic mass is 16.5. The molecule has 0 spiro atoms. The van der Waals surface area contributed by atoms with Crippen LogP contribution in [0.5, 0.6) is 0 Å². The highest BCUT2D eigenvalue weighted by molar-refractivity contribution is 5.48. The van der Waals surface area contributed by atoms with Crippen molar-refractivity contribution in [1.29, 1.82) is 0 Å². The summed E-state index contributed by atoms with van der Waals surface area (Å²) in [5.41, 5.74) is 6.76. The SMILES string of the molecule is CCOCCN1CCN(c2ccc(N)nc2)CC1. The second-order valence-electron chi connectivity index (χ2n) is 4.47. The van der Waals surface area contributed by atoms with E-state index in [1.54, 1.807) is 0 Å². The number of nitrogens with zero attached hydrogens (tertiary/aromatic N) is 3. The number of nitrogen functional groups attached to an aromatic ring is 1. The van der Waals surface area contributed by atoms with Crippen molar-refractivity contribution in [2.75, 3.05) is 56.6 Å². The summed E-state index contributed by atoms with van der Waals surface area (Å²) in [5, 5.41) is 0. The fourth-order valence-electron chi connectivity index (χ4n) is 2.15. The van der Waals surface area contributed by atoms with Crippen LogP contribution < -0.4 is 10.6 Å². The van der Waals surface area contributed by atoms with Crippen LogP contribution in [0, 0.1) is 0 Å². The first-order valence-electron chi connectivity index (χ1n) is 6.56. The molecule has 0 atom stereocenters. The summed E-state index contributed by atoms with van der Waals surface area (Å²) in [5.74, 6) is 0.578. The number of hydrogen-bond acceptors (Lipinski definition) is 5. The Hall–Kier alpha value is -1.33. The van der Waals surface area contributed by atoms with E-state index in [0.29, 0.717) is 5.82 Å². The summed E-state index contributed by atoms with van der Waals surface area (Å²) in [6.07, 6.45) is 1.85. The molecule has 5 heteroatoms. The summed E-state index contributed by atoms with van der Waals surface area (Å²) in [7, 11) is 0. The first-order valence-corrected chi connectivity index (χ1v) is 6.56.